The van der Waals surface area contributed by atoms with Crippen LogP contribution < -0.4 is 5.32 Å². The summed E-state index contributed by atoms with van der Waals surface area (Å²) in [6, 6.07) is 12.8. The fraction of sp³-hybridized carbons (Fsp3) is 0.450. The average Bonchev–Trinajstić information content (AvgIpc) is 3.18. The number of benzene rings is 1. The van der Waals surface area contributed by atoms with Crippen molar-refractivity contribution in [3.8, 4) is 0 Å². The third-order valence-electron chi connectivity index (χ3n) is 5.14. The quantitative estimate of drug-likeness (QED) is 0.919. The molecule has 4 heteroatoms. The van der Waals surface area contributed by atoms with E-state index in [9.17, 15) is 4.79 Å². The zero-order valence-electron chi connectivity index (χ0n) is 14.1. The van der Waals surface area contributed by atoms with Gasteiger partial charge in [-0.15, -0.1) is 0 Å². The van der Waals surface area contributed by atoms with Gasteiger partial charge in [0.2, 0.25) is 5.91 Å². The lowest BCUT2D eigenvalue weighted by Crippen LogP contribution is -2.40. The molecule has 24 heavy (non-hydrogen) atoms. The number of aryl methyl sites for hydroxylation is 1. The number of carbonyl (C=O) groups excluding carboxylic acids is 1. The van der Waals surface area contributed by atoms with Crippen molar-refractivity contribution < 1.29 is 9.21 Å². The second-order valence-electron chi connectivity index (χ2n) is 7.18. The van der Waals surface area contributed by atoms with Gasteiger partial charge >= 0.3 is 0 Å². The normalized spacial score (nSPS) is 24.2. The van der Waals surface area contributed by atoms with Crippen LogP contribution in [-0.2, 0) is 11.3 Å². The molecule has 0 unspecified atom stereocenters. The number of nitrogens with zero attached hydrogens (tertiary/aromatic N) is 1. The Morgan fingerprint density at radius 1 is 1.21 bits per heavy atom. The molecule has 1 saturated carbocycles. The molecule has 1 saturated heterocycles. The number of rotatable bonds is 5. The van der Waals surface area contributed by atoms with E-state index in [1.54, 1.807) is 6.26 Å². The number of furan rings is 1. The SMILES string of the molecule is Cc1ccc([C@@H]2CN(Cc3ccco3)C[C@H]2NC(=O)C2CC2)cc1. The van der Waals surface area contributed by atoms with Crippen molar-refractivity contribution in [3.05, 3.63) is 59.5 Å². The Balaban J connectivity index is 1.50. The molecule has 2 heterocycles. The predicted octanol–water partition coefficient (Wildman–Crippen LogP) is 3.08. The van der Waals surface area contributed by atoms with E-state index in [4.69, 9.17) is 4.42 Å². The summed E-state index contributed by atoms with van der Waals surface area (Å²) >= 11 is 0. The molecule has 0 radical (unpaired) electrons. The van der Waals surface area contributed by atoms with Crippen LogP contribution >= 0.6 is 0 Å². The molecule has 1 amide bonds. The van der Waals surface area contributed by atoms with E-state index < -0.39 is 0 Å². The van der Waals surface area contributed by atoms with Gasteiger partial charge in [-0.1, -0.05) is 29.8 Å². The van der Waals surface area contributed by atoms with Crippen molar-refractivity contribution >= 4 is 5.91 Å². The van der Waals surface area contributed by atoms with Crippen molar-refractivity contribution in [1.82, 2.24) is 10.2 Å². The summed E-state index contributed by atoms with van der Waals surface area (Å²) in [4.78, 5) is 14.6. The zero-order chi connectivity index (χ0) is 16.5. The second kappa shape index (κ2) is 6.44. The summed E-state index contributed by atoms with van der Waals surface area (Å²) in [7, 11) is 0. The van der Waals surface area contributed by atoms with Gasteiger partial charge in [0.1, 0.15) is 5.76 Å². The van der Waals surface area contributed by atoms with Crippen LogP contribution in [0.25, 0.3) is 0 Å². The molecule has 2 aromatic rings. The minimum Gasteiger partial charge on any atom is -0.468 e. The molecule has 2 atom stereocenters. The highest BCUT2D eigenvalue weighted by Crippen LogP contribution is 2.32. The molecule has 4 rings (SSSR count). The fourth-order valence-corrected chi connectivity index (χ4v) is 3.58. The third-order valence-corrected chi connectivity index (χ3v) is 5.14. The Bertz CT molecular complexity index is 689. The van der Waals surface area contributed by atoms with Gasteiger partial charge in [0.05, 0.1) is 12.8 Å². The molecule has 1 aromatic heterocycles. The second-order valence-corrected chi connectivity index (χ2v) is 7.18. The summed E-state index contributed by atoms with van der Waals surface area (Å²) in [5.41, 5.74) is 2.58. The Hall–Kier alpha value is -2.07. The lowest BCUT2D eigenvalue weighted by atomic mass is 9.93. The monoisotopic (exact) mass is 324 g/mol. The summed E-state index contributed by atoms with van der Waals surface area (Å²) in [6.07, 6.45) is 3.81. The molecular weight excluding hydrogens is 300 g/mol. The van der Waals surface area contributed by atoms with Crippen molar-refractivity contribution in [2.45, 2.75) is 38.3 Å². The van der Waals surface area contributed by atoms with E-state index in [1.165, 1.54) is 11.1 Å². The standard InChI is InChI=1S/C20H24N2O2/c1-14-4-6-15(7-5-14)18-12-22(11-17-3-2-10-24-17)13-19(18)21-20(23)16-8-9-16/h2-7,10,16,18-19H,8-9,11-13H2,1H3,(H,21,23)/t18-,19+/m0/s1. The van der Waals surface area contributed by atoms with E-state index in [2.05, 4.69) is 41.4 Å². The molecule has 1 aromatic carbocycles. The largest absolute Gasteiger partial charge is 0.468 e. The molecule has 0 bridgehead atoms. The minimum absolute atomic E-state index is 0.177. The molecule has 126 valence electrons. The van der Waals surface area contributed by atoms with Gasteiger partial charge in [-0.3, -0.25) is 9.69 Å². The predicted molar refractivity (Wildman–Crippen MR) is 92.6 cm³/mol. The number of amides is 1. The molecular formula is C20H24N2O2. The van der Waals surface area contributed by atoms with Crippen molar-refractivity contribution in [1.29, 1.82) is 0 Å². The lowest BCUT2D eigenvalue weighted by molar-refractivity contribution is -0.123. The summed E-state index contributed by atoms with van der Waals surface area (Å²) in [6.45, 7) is 4.72. The van der Waals surface area contributed by atoms with Crippen molar-refractivity contribution in [3.63, 3.8) is 0 Å². The van der Waals surface area contributed by atoms with E-state index >= 15 is 0 Å². The van der Waals surface area contributed by atoms with E-state index in [1.807, 2.05) is 12.1 Å². The zero-order valence-corrected chi connectivity index (χ0v) is 14.1. The van der Waals surface area contributed by atoms with Gasteiger partial charge in [-0.2, -0.15) is 0 Å². The Morgan fingerprint density at radius 3 is 2.67 bits per heavy atom. The summed E-state index contributed by atoms with van der Waals surface area (Å²) in [5, 5.41) is 3.30. The molecule has 4 nitrogen and oxygen atoms in total. The van der Waals surface area contributed by atoms with Crippen LogP contribution in [-0.4, -0.2) is 29.9 Å². The van der Waals surface area contributed by atoms with E-state index in [-0.39, 0.29) is 17.9 Å². The smallest absolute Gasteiger partial charge is 0.223 e. The van der Waals surface area contributed by atoms with Crippen molar-refractivity contribution in [2.24, 2.45) is 5.92 Å². The molecule has 1 aliphatic carbocycles. The van der Waals surface area contributed by atoms with Gasteiger partial charge in [-0.25, -0.2) is 0 Å². The first-order chi connectivity index (χ1) is 11.7. The van der Waals surface area contributed by atoms with Crippen LogP contribution in [0, 0.1) is 12.8 Å². The Kier molecular flexibility index (Phi) is 4.15. The first-order valence-corrected chi connectivity index (χ1v) is 8.81. The Labute approximate surface area is 142 Å². The van der Waals surface area contributed by atoms with Crippen LogP contribution in [0.3, 0.4) is 0 Å². The first kappa shape index (κ1) is 15.5. The van der Waals surface area contributed by atoms with Crippen LogP contribution in [0.4, 0.5) is 0 Å². The van der Waals surface area contributed by atoms with E-state index in [0.29, 0.717) is 5.92 Å². The van der Waals surface area contributed by atoms with Crippen LogP contribution in [0.2, 0.25) is 0 Å². The molecule has 0 spiro atoms. The number of hydrogen-bond donors (Lipinski definition) is 1. The molecule has 2 fully saturated rings. The summed E-state index contributed by atoms with van der Waals surface area (Å²) < 4.78 is 5.49. The number of nitrogens with one attached hydrogen (secondary N) is 1. The van der Waals surface area contributed by atoms with Gasteiger partial charge in [0.15, 0.2) is 0 Å². The van der Waals surface area contributed by atoms with Crippen LogP contribution in [0.5, 0.6) is 0 Å². The highest BCUT2D eigenvalue weighted by molar-refractivity contribution is 5.81. The minimum atomic E-state index is 0.177. The lowest BCUT2D eigenvalue weighted by Gasteiger charge is -2.20. The van der Waals surface area contributed by atoms with Crippen LogP contribution in [0.15, 0.2) is 47.1 Å². The fourth-order valence-electron chi connectivity index (χ4n) is 3.58. The van der Waals surface area contributed by atoms with E-state index in [0.717, 1.165) is 38.2 Å². The molecule has 1 aliphatic heterocycles. The van der Waals surface area contributed by atoms with Crippen LogP contribution in [0.1, 0.15) is 35.6 Å². The highest BCUT2D eigenvalue weighted by atomic mass is 16.3. The maximum absolute atomic E-state index is 12.3. The van der Waals surface area contributed by atoms with Gasteiger partial charge in [0, 0.05) is 31.0 Å². The van der Waals surface area contributed by atoms with Crippen molar-refractivity contribution in [2.75, 3.05) is 13.1 Å². The van der Waals surface area contributed by atoms with Gasteiger partial charge in [-0.05, 0) is 37.5 Å². The number of likely N-dealkylation sites (tertiary alicyclic amines) is 1. The topological polar surface area (TPSA) is 45.5 Å². The highest BCUT2D eigenvalue weighted by Gasteiger charge is 2.38. The third kappa shape index (κ3) is 3.39. The Morgan fingerprint density at radius 2 is 2.00 bits per heavy atom. The molecule has 2 aliphatic rings. The summed E-state index contributed by atoms with van der Waals surface area (Å²) in [5.74, 6) is 1.80. The maximum Gasteiger partial charge on any atom is 0.223 e. The number of hydrogen-bond acceptors (Lipinski definition) is 3. The first-order valence-electron chi connectivity index (χ1n) is 8.81. The van der Waals surface area contributed by atoms with Gasteiger partial charge < -0.3 is 9.73 Å². The average molecular weight is 324 g/mol. The van der Waals surface area contributed by atoms with Gasteiger partial charge in [0.25, 0.3) is 0 Å². The number of carbonyl (C=O) groups is 1. The molecule has 1 N–H and O–H groups in total. The maximum atomic E-state index is 12.3.